The molecule has 1 atom stereocenters. The van der Waals surface area contributed by atoms with Gasteiger partial charge in [0, 0.05) is 22.6 Å². The molecule has 0 fully saturated rings. The number of hydrogen-bond acceptors (Lipinski definition) is 2. The fourth-order valence-electron chi connectivity index (χ4n) is 1.78. The predicted molar refractivity (Wildman–Crippen MR) is 80.8 cm³/mol. The van der Waals surface area contributed by atoms with E-state index in [0.717, 1.165) is 23.6 Å². The molecule has 2 aromatic rings. The summed E-state index contributed by atoms with van der Waals surface area (Å²) >= 11 is 13.7. The van der Waals surface area contributed by atoms with E-state index in [2.05, 4.69) is 29.1 Å². The molecular formula is C14H15Cl2NS. The summed E-state index contributed by atoms with van der Waals surface area (Å²) in [4.78, 5) is 0. The minimum atomic E-state index is 0.423. The SMILES string of the molecule is CC(Cc1ccsc1)NCc1ccc(Cl)cc1Cl. The van der Waals surface area contributed by atoms with Crippen molar-refractivity contribution in [2.45, 2.75) is 25.9 Å². The highest BCUT2D eigenvalue weighted by Gasteiger charge is 2.06. The van der Waals surface area contributed by atoms with Crippen molar-refractivity contribution in [3.63, 3.8) is 0 Å². The number of rotatable bonds is 5. The van der Waals surface area contributed by atoms with E-state index in [9.17, 15) is 0 Å². The first-order valence-corrected chi connectivity index (χ1v) is 7.53. The zero-order chi connectivity index (χ0) is 13.0. The Balaban J connectivity index is 1.87. The van der Waals surface area contributed by atoms with Crippen LogP contribution < -0.4 is 5.32 Å². The molecule has 0 saturated heterocycles. The quantitative estimate of drug-likeness (QED) is 0.838. The molecule has 0 spiro atoms. The summed E-state index contributed by atoms with van der Waals surface area (Å²) in [6.45, 7) is 2.95. The van der Waals surface area contributed by atoms with Gasteiger partial charge in [-0.15, -0.1) is 0 Å². The predicted octanol–water partition coefficient (Wildman–Crippen LogP) is 4.78. The summed E-state index contributed by atoms with van der Waals surface area (Å²) in [7, 11) is 0. The van der Waals surface area contributed by atoms with Crippen molar-refractivity contribution in [1.82, 2.24) is 5.32 Å². The molecule has 1 unspecified atom stereocenters. The Morgan fingerprint density at radius 2 is 2.11 bits per heavy atom. The number of thiophene rings is 1. The van der Waals surface area contributed by atoms with Crippen LogP contribution in [-0.2, 0) is 13.0 Å². The molecule has 0 aliphatic carbocycles. The van der Waals surface area contributed by atoms with E-state index in [4.69, 9.17) is 23.2 Å². The molecule has 0 amide bonds. The Morgan fingerprint density at radius 1 is 1.28 bits per heavy atom. The third-order valence-electron chi connectivity index (χ3n) is 2.78. The number of benzene rings is 1. The van der Waals surface area contributed by atoms with Crippen molar-refractivity contribution in [3.05, 3.63) is 56.2 Å². The molecule has 0 saturated carbocycles. The fourth-order valence-corrected chi connectivity index (χ4v) is 2.94. The van der Waals surface area contributed by atoms with E-state index in [1.807, 2.05) is 12.1 Å². The summed E-state index contributed by atoms with van der Waals surface area (Å²) in [5.74, 6) is 0. The zero-order valence-corrected chi connectivity index (χ0v) is 12.4. The van der Waals surface area contributed by atoms with Crippen LogP contribution in [0.1, 0.15) is 18.1 Å². The van der Waals surface area contributed by atoms with Gasteiger partial charge in [-0.25, -0.2) is 0 Å². The molecular weight excluding hydrogens is 285 g/mol. The van der Waals surface area contributed by atoms with Crippen LogP contribution in [0.25, 0.3) is 0 Å². The van der Waals surface area contributed by atoms with Gasteiger partial charge in [0.05, 0.1) is 0 Å². The molecule has 1 N–H and O–H groups in total. The summed E-state index contributed by atoms with van der Waals surface area (Å²) < 4.78 is 0. The second-order valence-corrected chi connectivity index (χ2v) is 5.98. The first-order chi connectivity index (χ1) is 8.65. The molecule has 0 aliphatic rings. The lowest BCUT2D eigenvalue weighted by Crippen LogP contribution is -2.27. The summed E-state index contributed by atoms with van der Waals surface area (Å²) in [5.41, 5.74) is 2.46. The fraction of sp³-hybridized carbons (Fsp3) is 0.286. The Bertz CT molecular complexity index is 497. The van der Waals surface area contributed by atoms with E-state index >= 15 is 0 Å². The normalized spacial score (nSPS) is 12.6. The zero-order valence-electron chi connectivity index (χ0n) is 10.1. The number of halogens is 2. The smallest absolute Gasteiger partial charge is 0.0465 e. The Morgan fingerprint density at radius 3 is 2.78 bits per heavy atom. The summed E-state index contributed by atoms with van der Waals surface area (Å²) in [6, 6.07) is 8.21. The molecule has 1 nitrogen and oxygen atoms in total. The second kappa shape index (κ2) is 6.58. The van der Waals surface area contributed by atoms with Gasteiger partial charge >= 0.3 is 0 Å². The molecule has 96 valence electrons. The topological polar surface area (TPSA) is 12.0 Å². The maximum atomic E-state index is 6.13. The molecule has 4 heteroatoms. The third-order valence-corrected chi connectivity index (χ3v) is 4.10. The molecule has 18 heavy (non-hydrogen) atoms. The Hall–Kier alpha value is -0.540. The molecule has 0 radical (unpaired) electrons. The number of nitrogens with one attached hydrogen (secondary N) is 1. The van der Waals surface area contributed by atoms with Crippen LogP contribution in [0, 0.1) is 0 Å². The van der Waals surface area contributed by atoms with Gasteiger partial charge in [0.15, 0.2) is 0 Å². The van der Waals surface area contributed by atoms with Gasteiger partial charge < -0.3 is 5.32 Å². The average Bonchev–Trinajstić information content (AvgIpc) is 2.80. The Labute approximate surface area is 122 Å². The van der Waals surface area contributed by atoms with E-state index in [-0.39, 0.29) is 0 Å². The van der Waals surface area contributed by atoms with Crippen molar-refractivity contribution in [1.29, 1.82) is 0 Å². The largest absolute Gasteiger partial charge is 0.310 e. The molecule has 0 aliphatic heterocycles. The minimum absolute atomic E-state index is 0.423. The maximum absolute atomic E-state index is 6.13. The van der Waals surface area contributed by atoms with Gasteiger partial charge in [-0.2, -0.15) is 11.3 Å². The van der Waals surface area contributed by atoms with E-state index in [1.165, 1.54) is 5.56 Å². The Kier molecular flexibility index (Phi) is 5.07. The highest BCUT2D eigenvalue weighted by molar-refractivity contribution is 7.07. The lowest BCUT2D eigenvalue weighted by Gasteiger charge is -2.14. The van der Waals surface area contributed by atoms with Crippen molar-refractivity contribution >= 4 is 34.5 Å². The van der Waals surface area contributed by atoms with Crippen LogP contribution in [0.4, 0.5) is 0 Å². The van der Waals surface area contributed by atoms with Crippen LogP contribution in [0.3, 0.4) is 0 Å². The average molecular weight is 300 g/mol. The molecule has 1 aromatic carbocycles. The van der Waals surface area contributed by atoms with Gasteiger partial charge in [0.2, 0.25) is 0 Å². The van der Waals surface area contributed by atoms with Crippen LogP contribution in [0.15, 0.2) is 35.0 Å². The van der Waals surface area contributed by atoms with Gasteiger partial charge in [-0.1, -0.05) is 29.3 Å². The van der Waals surface area contributed by atoms with Gasteiger partial charge in [-0.05, 0) is 53.4 Å². The van der Waals surface area contributed by atoms with Crippen molar-refractivity contribution in [2.24, 2.45) is 0 Å². The minimum Gasteiger partial charge on any atom is -0.310 e. The van der Waals surface area contributed by atoms with Crippen molar-refractivity contribution < 1.29 is 0 Å². The van der Waals surface area contributed by atoms with Crippen molar-refractivity contribution in [3.8, 4) is 0 Å². The second-order valence-electron chi connectivity index (χ2n) is 4.35. The van der Waals surface area contributed by atoms with Crippen LogP contribution in [0.5, 0.6) is 0 Å². The van der Waals surface area contributed by atoms with E-state index < -0.39 is 0 Å². The first kappa shape index (κ1) is 13.9. The monoisotopic (exact) mass is 299 g/mol. The van der Waals surface area contributed by atoms with E-state index in [0.29, 0.717) is 11.1 Å². The number of hydrogen-bond donors (Lipinski definition) is 1. The van der Waals surface area contributed by atoms with Crippen LogP contribution >= 0.6 is 34.5 Å². The van der Waals surface area contributed by atoms with Crippen LogP contribution in [-0.4, -0.2) is 6.04 Å². The van der Waals surface area contributed by atoms with Gasteiger partial charge in [-0.3, -0.25) is 0 Å². The van der Waals surface area contributed by atoms with Gasteiger partial charge in [0.25, 0.3) is 0 Å². The van der Waals surface area contributed by atoms with Crippen molar-refractivity contribution in [2.75, 3.05) is 0 Å². The highest BCUT2D eigenvalue weighted by atomic mass is 35.5. The summed E-state index contributed by atoms with van der Waals surface area (Å²) in [5, 5.41) is 9.17. The maximum Gasteiger partial charge on any atom is 0.0465 e. The molecule has 0 bridgehead atoms. The molecule has 2 rings (SSSR count). The molecule has 1 heterocycles. The van der Waals surface area contributed by atoms with E-state index in [1.54, 1.807) is 17.4 Å². The standard InChI is InChI=1S/C14H15Cl2NS/c1-10(6-11-4-5-18-9-11)17-8-12-2-3-13(15)7-14(12)16/h2-5,7,9-10,17H,6,8H2,1H3. The van der Waals surface area contributed by atoms with Crippen LogP contribution in [0.2, 0.25) is 10.0 Å². The lowest BCUT2D eigenvalue weighted by atomic mass is 10.1. The lowest BCUT2D eigenvalue weighted by molar-refractivity contribution is 0.546. The van der Waals surface area contributed by atoms with Gasteiger partial charge in [0.1, 0.15) is 0 Å². The molecule has 1 aromatic heterocycles. The summed E-state index contributed by atoms with van der Waals surface area (Å²) in [6.07, 6.45) is 1.04. The first-order valence-electron chi connectivity index (χ1n) is 5.83. The highest BCUT2D eigenvalue weighted by Crippen LogP contribution is 2.21. The third kappa shape index (κ3) is 3.99.